The van der Waals surface area contributed by atoms with Crippen molar-refractivity contribution in [3.63, 3.8) is 0 Å². The Morgan fingerprint density at radius 3 is 2.94 bits per heavy atom. The molecule has 0 fully saturated rings. The first-order chi connectivity index (χ1) is 7.67. The van der Waals surface area contributed by atoms with Gasteiger partial charge in [-0.25, -0.2) is 4.39 Å². The van der Waals surface area contributed by atoms with Crippen molar-refractivity contribution in [1.82, 2.24) is 0 Å². The van der Waals surface area contributed by atoms with Crippen molar-refractivity contribution in [3.8, 4) is 0 Å². The fourth-order valence-electron chi connectivity index (χ4n) is 1.63. The second kappa shape index (κ2) is 4.87. The van der Waals surface area contributed by atoms with Crippen LogP contribution in [0.2, 0.25) is 0 Å². The van der Waals surface area contributed by atoms with Crippen LogP contribution >= 0.6 is 11.8 Å². The molecule has 1 atom stereocenters. The summed E-state index contributed by atoms with van der Waals surface area (Å²) in [4.78, 5) is 4.39. The number of aryl methyl sites for hydroxylation is 1. The van der Waals surface area contributed by atoms with Crippen LogP contribution in [0.5, 0.6) is 0 Å². The quantitative estimate of drug-likeness (QED) is 0.853. The topological polar surface area (TPSA) is 24.4 Å². The van der Waals surface area contributed by atoms with Gasteiger partial charge in [0.15, 0.2) is 5.17 Å². The van der Waals surface area contributed by atoms with E-state index in [9.17, 15) is 4.39 Å². The van der Waals surface area contributed by atoms with Crippen LogP contribution in [0.3, 0.4) is 0 Å². The molecule has 0 aromatic heterocycles. The van der Waals surface area contributed by atoms with Crippen molar-refractivity contribution in [2.75, 3.05) is 11.9 Å². The standard InChI is InChI=1S/C12H15FN2S/c1-3-11-7-14-12(16-11)15-10-5-8(2)4-9(13)6-10/h4-6,11H,3,7H2,1-2H3,(H,14,15). The van der Waals surface area contributed by atoms with E-state index in [4.69, 9.17) is 0 Å². The van der Waals surface area contributed by atoms with Crippen molar-refractivity contribution in [2.24, 2.45) is 4.99 Å². The minimum atomic E-state index is -0.210. The Balaban J connectivity index is 2.05. The van der Waals surface area contributed by atoms with Crippen LogP contribution in [0.15, 0.2) is 23.2 Å². The van der Waals surface area contributed by atoms with Gasteiger partial charge in [0.2, 0.25) is 0 Å². The fourth-order valence-corrected chi connectivity index (χ4v) is 2.59. The number of nitrogens with zero attached hydrogens (tertiary/aromatic N) is 1. The Labute approximate surface area is 99.3 Å². The van der Waals surface area contributed by atoms with E-state index < -0.39 is 0 Å². The molecule has 1 aromatic carbocycles. The molecule has 16 heavy (non-hydrogen) atoms. The van der Waals surface area contributed by atoms with E-state index in [1.54, 1.807) is 11.8 Å². The summed E-state index contributed by atoms with van der Waals surface area (Å²) in [5.41, 5.74) is 1.69. The maximum atomic E-state index is 13.2. The number of halogens is 1. The summed E-state index contributed by atoms with van der Waals surface area (Å²) in [6, 6.07) is 4.93. The lowest BCUT2D eigenvalue weighted by Gasteiger charge is -2.07. The maximum absolute atomic E-state index is 13.2. The smallest absolute Gasteiger partial charge is 0.161 e. The molecule has 0 radical (unpaired) electrons. The van der Waals surface area contributed by atoms with E-state index in [-0.39, 0.29) is 5.82 Å². The van der Waals surface area contributed by atoms with Crippen LogP contribution in [-0.2, 0) is 0 Å². The lowest BCUT2D eigenvalue weighted by molar-refractivity contribution is 0.627. The van der Waals surface area contributed by atoms with Gasteiger partial charge < -0.3 is 5.32 Å². The Kier molecular flexibility index (Phi) is 3.49. The van der Waals surface area contributed by atoms with Crippen molar-refractivity contribution in [2.45, 2.75) is 25.5 Å². The molecule has 1 heterocycles. The Morgan fingerprint density at radius 1 is 1.50 bits per heavy atom. The summed E-state index contributed by atoms with van der Waals surface area (Å²) in [5, 5.41) is 4.63. The number of aliphatic imine (C=N–C) groups is 1. The molecule has 0 saturated heterocycles. The number of rotatable bonds is 2. The van der Waals surface area contributed by atoms with Crippen LogP contribution < -0.4 is 5.32 Å². The monoisotopic (exact) mass is 238 g/mol. The average molecular weight is 238 g/mol. The van der Waals surface area contributed by atoms with E-state index in [0.717, 1.165) is 29.4 Å². The number of hydrogen-bond acceptors (Lipinski definition) is 3. The third kappa shape index (κ3) is 2.76. The van der Waals surface area contributed by atoms with E-state index in [2.05, 4.69) is 17.2 Å². The van der Waals surface area contributed by atoms with Crippen LogP contribution in [0.1, 0.15) is 18.9 Å². The zero-order valence-corrected chi connectivity index (χ0v) is 10.3. The molecule has 0 bridgehead atoms. The molecule has 1 aliphatic heterocycles. The van der Waals surface area contributed by atoms with Crippen molar-refractivity contribution < 1.29 is 4.39 Å². The third-order valence-electron chi connectivity index (χ3n) is 2.47. The highest BCUT2D eigenvalue weighted by atomic mass is 32.2. The van der Waals surface area contributed by atoms with Gasteiger partial charge >= 0.3 is 0 Å². The molecule has 4 heteroatoms. The zero-order valence-electron chi connectivity index (χ0n) is 9.46. The lowest BCUT2D eigenvalue weighted by Crippen LogP contribution is -2.07. The van der Waals surface area contributed by atoms with E-state index >= 15 is 0 Å². The molecule has 0 aliphatic carbocycles. The zero-order chi connectivity index (χ0) is 11.5. The van der Waals surface area contributed by atoms with Crippen molar-refractivity contribution in [3.05, 3.63) is 29.6 Å². The summed E-state index contributed by atoms with van der Waals surface area (Å²) in [7, 11) is 0. The van der Waals surface area contributed by atoms with Crippen LogP contribution in [0, 0.1) is 12.7 Å². The summed E-state index contributed by atoms with van der Waals surface area (Å²) in [6.45, 7) is 4.90. The number of thioether (sulfide) groups is 1. The number of anilines is 1. The molecule has 2 rings (SSSR count). The number of benzene rings is 1. The van der Waals surface area contributed by atoms with Gasteiger partial charge in [0.1, 0.15) is 5.82 Å². The van der Waals surface area contributed by atoms with E-state index in [1.165, 1.54) is 12.1 Å². The average Bonchev–Trinajstić information content (AvgIpc) is 2.64. The first kappa shape index (κ1) is 11.5. The number of amidine groups is 1. The predicted octanol–water partition coefficient (Wildman–Crippen LogP) is 3.43. The molecule has 1 aromatic rings. The van der Waals surface area contributed by atoms with Crippen molar-refractivity contribution in [1.29, 1.82) is 0 Å². The summed E-state index contributed by atoms with van der Waals surface area (Å²) in [5.74, 6) is -0.210. The summed E-state index contributed by atoms with van der Waals surface area (Å²) < 4.78 is 13.2. The lowest BCUT2D eigenvalue weighted by atomic mass is 10.2. The molecular formula is C12H15FN2S. The van der Waals surface area contributed by atoms with E-state index in [0.29, 0.717) is 5.25 Å². The Morgan fingerprint density at radius 2 is 2.31 bits per heavy atom. The molecule has 86 valence electrons. The second-order valence-electron chi connectivity index (χ2n) is 3.94. The Bertz CT molecular complexity index is 397. The first-order valence-corrected chi connectivity index (χ1v) is 6.30. The number of nitrogens with one attached hydrogen (secondary N) is 1. The normalized spacial score (nSPS) is 19.7. The van der Waals surface area contributed by atoms with Gasteiger partial charge in [-0.1, -0.05) is 18.7 Å². The maximum Gasteiger partial charge on any atom is 0.161 e. The molecule has 2 nitrogen and oxygen atoms in total. The summed E-state index contributed by atoms with van der Waals surface area (Å²) >= 11 is 1.73. The largest absolute Gasteiger partial charge is 0.335 e. The van der Waals surface area contributed by atoms with Gasteiger partial charge in [-0.15, -0.1) is 0 Å². The van der Waals surface area contributed by atoms with Gasteiger partial charge in [-0.2, -0.15) is 0 Å². The minimum Gasteiger partial charge on any atom is -0.335 e. The van der Waals surface area contributed by atoms with Crippen LogP contribution in [-0.4, -0.2) is 17.0 Å². The molecule has 1 N–H and O–H groups in total. The van der Waals surface area contributed by atoms with Gasteiger partial charge in [0.25, 0.3) is 0 Å². The molecular weight excluding hydrogens is 223 g/mol. The van der Waals surface area contributed by atoms with Gasteiger partial charge in [-0.3, -0.25) is 4.99 Å². The summed E-state index contributed by atoms with van der Waals surface area (Å²) in [6.07, 6.45) is 1.11. The fraction of sp³-hybridized carbons (Fsp3) is 0.417. The highest BCUT2D eigenvalue weighted by Crippen LogP contribution is 2.25. The molecule has 0 saturated carbocycles. The van der Waals surface area contributed by atoms with E-state index in [1.807, 2.05) is 13.0 Å². The van der Waals surface area contributed by atoms with Crippen molar-refractivity contribution >= 4 is 22.6 Å². The van der Waals surface area contributed by atoms with Gasteiger partial charge in [-0.05, 0) is 37.1 Å². The molecule has 1 unspecified atom stereocenters. The molecule has 0 amide bonds. The van der Waals surface area contributed by atoms with Crippen LogP contribution in [0.25, 0.3) is 0 Å². The Hall–Kier alpha value is -1.03. The molecule has 1 aliphatic rings. The third-order valence-corrected chi connectivity index (χ3v) is 3.74. The highest BCUT2D eigenvalue weighted by molar-refractivity contribution is 8.15. The SMILES string of the molecule is CCC1CN=C(Nc2cc(C)cc(F)c2)S1. The second-order valence-corrected chi connectivity index (χ2v) is 5.23. The van der Waals surface area contributed by atoms with Crippen LogP contribution in [0.4, 0.5) is 10.1 Å². The highest BCUT2D eigenvalue weighted by Gasteiger charge is 2.17. The van der Waals surface area contributed by atoms with Gasteiger partial charge in [0, 0.05) is 10.9 Å². The first-order valence-electron chi connectivity index (χ1n) is 5.42. The minimum absolute atomic E-state index is 0.210. The number of hydrogen-bond donors (Lipinski definition) is 1. The molecule has 0 spiro atoms. The predicted molar refractivity (Wildman–Crippen MR) is 68.7 cm³/mol. The van der Waals surface area contributed by atoms with Gasteiger partial charge in [0.05, 0.1) is 6.54 Å².